The molecule has 2 N–H and O–H groups in total. The van der Waals surface area contributed by atoms with Crippen LogP contribution in [0.4, 0.5) is 0 Å². The first-order valence-electron chi connectivity index (χ1n) is 8.47. The highest BCUT2D eigenvalue weighted by molar-refractivity contribution is 5.73. The van der Waals surface area contributed by atoms with E-state index in [1.807, 2.05) is 0 Å². The third kappa shape index (κ3) is 3.53. The van der Waals surface area contributed by atoms with Gasteiger partial charge < -0.3 is 15.3 Å². The molecule has 3 atom stereocenters. The van der Waals surface area contributed by atoms with Crippen LogP contribution in [0, 0.1) is 5.92 Å². The maximum Gasteiger partial charge on any atom is 0.320 e. The molecule has 0 radical (unpaired) electrons. The Kier molecular flexibility index (Phi) is 4.61. The molecule has 1 aliphatic heterocycles. The molecule has 2 aliphatic carbocycles. The first kappa shape index (κ1) is 14.3. The summed E-state index contributed by atoms with van der Waals surface area (Å²) < 4.78 is 0. The lowest BCUT2D eigenvalue weighted by atomic mass is 9.78. The van der Waals surface area contributed by atoms with Gasteiger partial charge in [0.15, 0.2) is 0 Å². The van der Waals surface area contributed by atoms with E-state index in [2.05, 4.69) is 10.2 Å². The molecule has 20 heavy (non-hydrogen) atoms. The number of piperidine rings is 1. The lowest BCUT2D eigenvalue weighted by Crippen LogP contribution is -2.49. The summed E-state index contributed by atoms with van der Waals surface area (Å²) in [7, 11) is 0. The summed E-state index contributed by atoms with van der Waals surface area (Å²) in [5.41, 5.74) is 0. The van der Waals surface area contributed by atoms with Crippen molar-refractivity contribution in [1.29, 1.82) is 0 Å². The third-order valence-corrected chi connectivity index (χ3v) is 5.38. The number of nitrogens with zero attached hydrogens (tertiary/aromatic N) is 1. The average molecular weight is 280 g/mol. The fourth-order valence-corrected chi connectivity index (χ4v) is 4.11. The van der Waals surface area contributed by atoms with E-state index in [9.17, 15) is 9.90 Å². The maximum atomic E-state index is 11.3. The third-order valence-electron chi connectivity index (χ3n) is 5.38. The van der Waals surface area contributed by atoms with E-state index in [0.717, 1.165) is 37.8 Å². The smallest absolute Gasteiger partial charge is 0.320 e. The molecule has 0 bridgehead atoms. The summed E-state index contributed by atoms with van der Waals surface area (Å²) in [4.78, 5) is 13.9. The monoisotopic (exact) mass is 280 g/mol. The second-order valence-corrected chi connectivity index (χ2v) is 6.91. The van der Waals surface area contributed by atoms with Gasteiger partial charge in [-0.1, -0.05) is 12.8 Å². The standard InChI is InChI=1S/C16H28N2O2/c19-16(20)14(17-13-7-8-13)9-11-18-10-3-5-12-4-1-2-6-15(12)18/h12-15,17H,1-11H2,(H,19,20)/t12-,14?,15-/m1/s1. The number of likely N-dealkylation sites (tertiary alicyclic amines) is 1. The minimum atomic E-state index is -0.672. The minimum absolute atomic E-state index is 0.341. The van der Waals surface area contributed by atoms with Crippen molar-refractivity contribution in [1.82, 2.24) is 10.2 Å². The van der Waals surface area contributed by atoms with Crippen molar-refractivity contribution < 1.29 is 9.90 Å². The van der Waals surface area contributed by atoms with E-state index in [1.165, 1.54) is 45.1 Å². The van der Waals surface area contributed by atoms with Gasteiger partial charge in [0.1, 0.15) is 6.04 Å². The molecule has 1 saturated heterocycles. The molecule has 1 unspecified atom stereocenters. The molecule has 114 valence electrons. The molecular formula is C16H28N2O2. The lowest BCUT2D eigenvalue weighted by molar-refractivity contribution is -0.139. The van der Waals surface area contributed by atoms with Crippen LogP contribution in [0.1, 0.15) is 57.8 Å². The van der Waals surface area contributed by atoms with Gasteiger partial charge >= 0.3 is 5.97 Å². The van der Waals surface area contributed by atoms with Crippen LogP contribution in [0.25, 0.3) is 0 Å². The number of carbonyl (C=O) groups is 1. The number of nitrogens with one attached hydrogen (secondary N) is 1. The van der Waals surface area contributed by atoms with Crippen LogP contribution in [0.2, 0.25) is 0 Å². The van der Waals surface area contributed by atoms with Crippen LogP contribution >= 0.6 is 0 Å². The Hall–Kier alpha value is -0.610. The maximum absolute atomic E-state index is 11.3. The number of aliphatic carboxylic acids is 1. The second-order valence-electron chi connectivity index (χ2n) is 6.91. The molecule has 0 aromatic heterocycles. The van der Waals surface area contributed by atoms with Gasteiger partial charge in [-0.3, -0.25) is 4.79 Å². The predicted molar refractivity (Wildman–Crippen MR) is 78.8 cm³/mol. The molecule has 1 heterocycles. The zero-order valence-electron chi connectivity index (χ0n) is 12.4. The van der Waals surface area contributed by atoms with Gasteiger partial charge in [0.05, 0.1) is 0 Å². The number of rotatable bonds is 6. The van der Waals surface area contributed by atoms with Gasteiger partial charge in [0, 0.05) is 18.6 Å². The van der Waals surface area contributed by atoms with E-state index < -0.39 is 5.97 Å². The van der Waals surface area contributed by atoms with Crippen LogP contribution in [-0.2, 0) is 4.79 Å². The van der Waals surface area contributed by atoms with Crippen LogP contribution in [-0.4, -0.2) is 47.2 Å². The van der Waals surface area contributed by atoms with Gasteiger partial charge in [0.25, 0.3) is 0 Å². The van der Waals surface area contributed by atoms with Crippen molar-refractivity contribution in [2.24, 2.45) is 5.92 Å². The largest absolute Gasteiger partial charge is 0.480 e. The zero-order valence-corrected chi connectivity index (χ0v) is 12.4. The number of carboxylic acid groups (broad SMARTS) is 1. The SMILES string of the molecule is O=C(O)C(CCN1CCC[C@H]2CCCC[C@H]21)NC1CC1. The molecule has 4 heteroatoms. The Bertz CT molecular complexity index is 341. The molecule has 2 saturated carbocycles. The van der Waals surface area contributed by atoms with Crippen molar-refractivity contribution in [2.45, 2.75) is 75.9 Å². The van der Waals surface area contributed by atoms with Crippen molar-refractivity contribution >= 4 is 5.97 Å². The Morgan fingerprint density at radius 3 is 2.65 bits per heavy atom. The number of hydrogen-bond acceptors (Lipinski definition) is 3. The Morgan fingerprint density at radius 1 is 1.15 bits per heavy atom. The summed E-state index contributed by atoms with van der Waals surface area (Å²) >= 11 is 0. The number of carboxylic acids is 1. The fraction of sp³-hybridized carbons (Fsp3) is 0.938. The molecule has 0 aromatic rings. The number of fused-ring (bicyclic) bond motifs is 1. The summed E-state index contributed by atoms with van der Waals surface area (Å²) in [6, 6.07) is 0.874. The van der Waals surface area contributed by atoms with Gasteiger partial charge in [0.2, 0.25) is 0 Å². The lowest BCUT2D eigenvalue weighted by Gasteiger charge is -2.44. The van der Waals surface area contributed by atoms with Gasteiger partial charge in [-0.15, -0.1) is 0 Å². The second kappa shape index (κ2) is 6.44. The average Bonchev–Trinajstić information content (AvgIpc) is 3.27. The molecule has 4 nitrogen and oxygen atoms in total. The highest BCUT2D eigenvalue weighted by Gasteiger charge is 2.34. The van der Waals surface area contributed by atoms with E-state index in [0.29, 0.717) is 6.04 Å². The van der Waals surface area contributed by atoms with Crippen LogP contribution in [0.15, 0.2) is 0 Å². The first-order chi connectivity index (χ1) is 9.74. The molecule has 0 aromatic carbocycles. The van der Waals surface area contributed by atoms with Gasteiger partial charge in [-0.2, -0.15) is 0 Å². The summed E-state index contributed by atoms with van der Waals surface area (Å²) in [6.07, 6.45) is 11.2. The molecule has 0 amide bonds. The van der Waals surface area contributed by atoms with Crippen LogP contribution < -0.4 is 5.32 Å². The Balaban J connectivity index is 1.51. The topological polar surface area (TPSA) is 52.6 Å². The fourth-order valence-electron chi connectivity index (χ4n) is 4.11. The number of hydrogen-bond donors (Lipinski definition) is 2. The van der Waals surface area contributed by atoms with Crippen molar-refractivity contribution in [2.75, 3.05) is 13.1 Å². The Labute approximate surface area is 121 Å². The van der Waals surface area contributed by atoms with E-state index in [1.54, 1.807) is 0 Å². The molecule has 3 aliphatic rings. The van der Waals surface area contributed by atoms with Gasteiger partial charge in [-0.25, -0.2) is 0 Å². The van der Waals surface area contributed by atoms with Crippen molar-refractivity contribution in [3.05, 3.63) is 0 Å². The highest BCUT2D eigenvalue weighted by atomic mass is 16.4. The summed E-state index contributed by atoms with van der Waals surface area (Å²) in [5.74, 6) is 0.214. The van der Waals surface area contributed by atoms with E-state index in [-0.39, 0.29) is 6.04 Å². The van der Waals surface area contributed by atoms with Crippen LogP contribution in [0.5, 0.6) is 0 Å². The molecular weight excluding hydrogens is 252 g/mol. The first-order valence-corrected chi connectivity index (χ1v) is 8.47. The summed E-state index contributed by atoms with van der Waals surface area (Å²) in [5, 5.41) is 12.6. The minimum Gasteiger partial charge on any atom is -0.480 e. The van der Waals surface area contributed by atoms with Crippen molar-refractivity contribution in [3.63, 3.8) is 0 Å². The Morgan fingerprint density at radius 2 is 1.90 bits per heavy atom. The quantitative estimate of drug-likeness (QED) is 0.783. The highest BCUT2D eigenvalue weighted by Crippen LogP contribution is 2.35. The van der Waals surface area contributed by atoms with Crippen molar-refractivity contribution in [3.8, 4) is 0 Å². The van der Waals surface area contributed by atoms with E-state index >= 15 is 0 Å². The zero-order chi connectivity index (χ0) is 13.9. The predicted octanol–water partition coefficient (Wildman–Crippen LogP) is 2.24. The van der Waals surface area contributed by atoms with Crippen LogP contribution in [0.3, 0.4) is 0 Å². The normalized spacial score (nSPS) is 32.6. The summed E-state index contributed by atoms with van der Waals surface area (Å²) in [6.45, 7) is 2.13. The molecule has 0 spiro atoms. The molecule has 3 rings (SSSR count). The molecule has 3 fully saturated rings. The van der Waals surface area contributed by atoms with Gasteiger partial charge in [-0.05, 0) is 57.4 Å². The van der Waals surface area contributed by atoms with E-state index in [4.69, 9.17) is 0 Å².